The van der Waals surface area contributed by atoms with Gasteiger partial charge in [0.25, 0.3) is 0 Å². The average Bonchev–Trinajstić information content (AvgIpc) is 2.52. The Bertz CT molecular complexity index is 680. The van der Waals surface area contributed by atoms with Crippen LogP contribution in [0.4, 0.5) is 4.79 Å². The maximum Gasteiger partial charge on any atom is 0.408 e. The van der Waals surface area contributed by atoms with Gasteiger partial charge in [0.2, 0.25) is 11.8 Å². The lowest BCUT2D eigenvalue weighted by molar-refractivity contribution is -0.138. The van der Waals surface area contributed by atoms with Crippen molar-refractivity contribution >= 4 is 17.9 Å². The highest BCUT2D eigenvalue weighted by Crippen LogP contribution is 2.23. The van der Waals surface area contributed by atoms with Crippen LogP contribution in [0.25, 0.3) is 0 Å². The molecule has 1 aromatic rings. The van der Waals surface area contributed by atoms with E-state index in [0.29, 0.717) is 0 Å². The van der Waals surface area contributed by atoms with E-state index in [9.17, 15) is 14.4 Å². The van der Waals surface area contributed by atoms with Crippen molar-refractivity contribution in [3.8, 4) is 0 Å². The number of carbonyl (C=O) groups is 3. The fourth-order valence-electron chi connectivity index (χ4n) is 2.51. The Morgan fingerprint density at radius 2 is 1.74 bits per heavy atom. The lowest BCUT2D eigenvalue weighted by Gasteiger charge is -2.29. The van der Waals surface area contributed by atoms with Gasteiger partial charge in [-0.2, -0.15) is 0 Å². The maximum atomic E-state index is 12.8. The second kappa shape index (κ2) is 9.39. The summed E-state index contributed by atoms with van der Waals surface area (Å²) >= 11 is 0. The molecule has 1 atom stereocenters. The van der Waals surface area contributed by atoms with E-state index < -0.39 is 23.6 Å². The second-order valence-electron chi connectivity index (χ2n) is 7.78. The van der Waals surface area contributed by atoms with Gasteiger partial charge in [-0.25, -0.2) is 4.79 Å². The predicted molar refractivity (Wildman–Crippen MR) is 104 cm³/mol. The number of likely N-dealkylation sites (N-methyl/N-ethyl adjacent to an activating group) is 1. The molecule has 2 N–H and O–H groups in total. The van der Waals surface area contributed by atoms with Crippen LogP contribution < -0.4 is 10.6 Å². The summed E-state index contributed by atoms with van der Waals surface area (Å²) in [5.74, 6) is -0.666. The highest BCUT2D eigenvalue weighted by Gasteiger charge is 2.30. The third kappa shape index (κ3) is 7.29. The molecule has 0 radical (unpaired) electrons. The molecule has 0 saturated heterocycles. The third-order valence-corrected chi connectivity index (χ3v) is 3.73. The Morgan fingerprint density at radius 3 is 2.26 bits per heavy atom. The molecular formula is C20H31N3O4. The lowest BCUT2D eigenvalue weighted by atomic mass is 9.99. The first-order valence-electron chi connectivity index (χ1n) is 9.00. The van der Waals surface area contributed by atoms with Crippen LogP contribution in [0.15, 0.2) is 24.3 Å². The van der Waals surface area contributed by atoms with E-state index in [-0.39, 0.29) is 18.5 Å². The first kappa shape index (κ1) is 22.5. The number of alkyl carbamates (subject to hydrolysis) is 1. The molecule has 0 spiro atoms. The monoisotopic (exact) mass is 377 g/mol. The number of nitrogens with zero attached hydrogens (tertiary/aromatic N) is 1. The van der Waals surface area contributed by atoms with Crippen LogP contribution in [0.1, 0.15) is 51.8 Å². The maximum absolute atomic E-state index is 12.8. The van der Waals surface area contributed by atoms with E-state index in [1.807, 2.05) is 45.0 Å². The zero-order chi connectivity index (χ0) is 20.8. The number of benzene rings is 1. The molecule has 0 aliphatic heterocycles. The fourth-order valence-corrected chi connectivity index (χ4v) is 2.51. The largest absolute Gasteiger partial charge is 0.444 e. The minimum atomic E-state index is -0.790. The summed E-state index contributed by atoms with van der Waals surface area (Å²) in [5.41, 5.74) is 0.991. The van der Waals surface area contributed by atoms with E-state index in [0.717, 1.165) is 11.1 Å². The Kier molecular flexibility index (Phi) is 7.82. The van der Waals surface area contributed by atoms with Crippen LogP contribution in [0.3, 0.4) is 0 Å². The van der Waals surface area contributed by atoms with E-state index in [2.05, 4.69) is 10.6 Å². The van der Waals surface area contributed by atoms with Crippen LogP contribution in [0.2, 0.25) is 0 Å². The van der Waals surface area contributed by atoms with Crippen molar-refractivity contribution in [1.29, 1.82) is 0 Å². The van der Waals surface area contributed by atoms with E-state index >= 15 is 0 Å². The molecule has 0 aromatic heterocycles. The Morgan fingerprint density at radius 1 is 1.15 bits per heavy atom. The van der Waals surface area contributed by atoms with Gasteiger partial charge < -0.3 is 20.3 Å². The fraction of sp³-hybridized carbons (Fsp3) is 0.550. The Balaban J connectivity index is 2.94. The molecule has 0 heterocycles. The van der Waals surface area contributed by atoms with Crippen molar-refractivity contribution in [2.75, 3.05) is 13.6 Å². The number of amides is 3. The predicted octanol–water partition coefficient (Wildman–Crippen LogP) is 2.54. The van der Waals surface area contributed by atoms with E-state index in [1.54, 1.807) is 27.8 Å². The number of rotatable bonds is 6. The van der Waals surface area contributed by atoms with Crippen molar-refractivity contribution in [2.24, 2.45) is 0 Å². The van der Waals surface area contributed by atoms with E-state index in [4.69, 9.17) is 4.74 Å². The van der Waals surface area contributed by atoms with Crippen LogP contribution in [0, 0.1) is 6.92 Å². The summed E-state index contributed by atoms with van der Waals surface area (Å²) in [6, 6.07) is 6.57. The quantitative estimate of drug-likeness (QED) is 0.797. The average molecular weight is 377 g/mol. The van der Waals surface area contributed by atoms with Gasteiger partial charge >= 0.3 is 6.09 Å². The van der Waals surface area contributed by atoms with Crippen molar-refractivity contribution in [3.05, 3.63) is 35.4 Å². The number of carbonyl (C=O) groups excluding carboxylic acids is 3. The van der Waals surface area contributed by atoms with Crippen LogP contribution in [0.5, 0.6) is 0 Å². The number of nitrogens with one attached hydrogen (secondary N) is 2. The van der Waals surface area contributed by atoms with Crippen LogP contribution in [-0.2, 0) is 14.3 Å². The molecule has 7 nitrogen and oxygen atoms in total. The van der Waals surface area contributed by atoms with Gasteiger partial charge in [0.15, 0.2) is 0 Å². The highest BCUT2D eigenvalue weighted by molar-refractivity contribution is 5.90. The third-order valence-electron chi connectivity index (χ3n) is 3.73. The van der Waals surface area contributed by atoms with E-state index in [1.165, 1.54) is 4.90 Å². The van der Waals surface area contributed by atoms with Gasteiger partial charge in [-0.05, 0) is 52.7 Å². The lowest BCUT2D eigenvalue weighted by Crippen LogP contribution is -2.47. The smallest absolute Gasteiger partial charge is 0.408 e. The molecule has 1 unspecified atom stereocenters. The van der Waals surface area contributed by atoms with Gasteiger partial charge in [0.05, 0.1) is 0 Å². The standard InChI is InChI=1S/C20H31N3O4/c1-13(2)22-18(25)17(15-11-9-8-10-14(15)3)23(7)16(24)12-21-19(26)27-20(4,5)6/h8-11,13,17H,12H2,1-7H3,(H,21,26)(H,22,25). The number of ether oxygens (including phenoxy) is 1. The molecule has 0 aliphatic rings. The molecule has 7 heteroatoms. The molecule has 150 valence electrons. The van der Waals surface area contributed by atoms with Gasteiger partial charge in [-0.1, -0.05) is 24.3 Å². The summed E-state index contributed by atoms with van der Waals surface area (Å²) in [4.78, 5) is 38.5. The Labute approximate surface area is 161 Å². The number of hydrogen-bond donors (Lipinski definition) is 2. The first-order valence-corrected chi connectivity index (χ1v) is 9.00. The Hall–Kier alpha value is -2.57. The van der Waals surface area contributed by atoms with Gasteiger partial charge in [-0.3, -0.25) is 9.59 Å². The molecule has 0 aliphatic carbocycles. The SMILES string of the molecule is Cc1ccccc1C(C(=O)NC(C)C)N(C)C(=O)CNC(=O)OC(C)(C)C. The highest BCUT2D eigenvalue weighted by atomic mass is 16.6. The van der Waals surface area contributed by atoms with Crippen molar-refractivity contribution in [3.63, 3.8) is 0 Å². The molecule has 0 bridgehead atoms. The first-order chi connectivity index (χ1) is 12.4. The molecule has 3 amide bonds. The molecule has 1 rings (SSSR count). The van der Waals surface area contributed by atoms with Gasteiger partial charge in [0.1, 0.15) is 18.2 Å². The molecule has 1 aromatic carbocycles. The normalized spacial score (nSPS) is 12.3. The summed E-state index contributed by atoms with van der Waals surface area (Å²) < 4.78 is 5.13. The summed E-state index contributed by atoms with van der Waals surface area (Å²) in [5, 5.41) is 5.29. The topological polar surface area (TPSA) is 87.7 Å². The molecule has 0 fully saturated rings. The minimum Gasteiger partial charge on any atom is -0.444 e. The molecular weight excluding hydrogens is 346 g/mol. The number of aryl methyl sites for hydroxylation is 1. The number of hydrogen-bond acceptors (Lipinski definition) is 4. The zero-order valence-electron chi connectivity index (χ0n) is 17.3. The van der Waals surface area contributed by atoms with Gasteiger partial charge in [0, 0.05) is 13.1 Å². The minimum absolute atomic E-state index is 0.0626. The molecule has 27 heavy (non-hydrogen) atoms. The van der Waals surface area contributed by atoms with Crippen molar-refractivity contribution in [2.45, 2.75) is 59.2 Å². The van der Waals surface area contributed by atoms with Crippen molar-refractivity contribution in [1.82, 2.24) is 15.5 Å². The van der Waals surface area contributed by atoms with Gasteiger partial charge in [-0.15, -0.1) is 0 Å². The second-order valence-corrected chi connectivity index (χ2v) is 7.78. The summed E-state index contributed by atoms with van der Waals surface area (Å²) in [6.07, 6.45) is -0.677. The zero-order valence-corrected chi connectivity index (χ0v) is 17.3. The van der Waals surface area contributed by atoms with Crippen LogP contribution in [-0.4, -0.2) is 48.0 Å². The summed E-state index contributed by atoms with van der Waals surface area (Å²) in [6.45, 7) is 10.6. The summed E-state index contributed by atoms with van der Waals surface area (Å²) in [7, 11) is 1.55. The molecule has 0 saturated carbocycles. The van der Waals surface area contributed by atoms with Crippen molar-refractivity contribution < 1.29 is 19.1 Å². The van der Waals surface area contributed by atoms with Crippen LogP contribution >= 0.6 is 0 Å².